The highest BCUT2D eigenvalue weighted by molar-refractivity contribution is 5.97. The van der Waals surface area contributed by atoms with Crippen LogP contribution in [0.5, 0.6) is 0 Å². The molecule has 0 saturated carbocycles. The quantitative estimate of drug-likeness (QED) is 0.308. The lowest BCUT2D eigenvalue weighted by molar-refractivity contribution is -0.130. The van der Waals surface area contributed by atoms with Crippen LogP contribution in [-0.2, 0) is 40.4 Å². The van der Waals surface area contributed by atoms with Crippen LogP contribution in [0.15, 0.2) is 41.1 Å². The highest BCUT2D eigenvalue weighted by Gasteiger charge is 2.40. The lowest BCUT2D eigenvalue weighted by Crippen LogP contribution is -2.58. The summed E-state index contributed by atoms with van der Waals surface area (Å²) in [5.41, 5.74) is 6.63. The van der Waals surface area contributed by atoms with Crippen molar-refractivity contribution in [2.75, 3.05) is 13.1 Å². The van der Waals surface area contributed by atoms with Crippen LogP contribution in [0.3, 0.4) is 0 Å². The summed E-state index contributed by atoms with van der Waals surface area (Å²) in [6.45, 7) is 3.52. The average Bonchev–Trinajstić information content (AvgIpc) is 3.53. The van der Waals surface area contributed by atoms with Gasteiger partial charge in [-0.05, 0) is 25.3 Å². The van der Waals surface area contributed by atoms with E-state index >= 15 is 0 Å². The Morgan fingerprint density at radius 1 is 1.17 bits per heavy atom. The molecule has 1 fully saturated rings. The van der Waals surface area contributed by atoms with Crippen molar-refractivity contribution >= 4 is 23.6 Å². The monoisotopic (exact) mass is 563 g/mol. The topological polar surface area (TPSA) is 190 Å². The van der Waals surface area contributed by atoms with E-state index in [-0.39, 0.29) is 49.1 Å². The van der Waals surface area contributed by atoms with E-state index in [0.717, 1.165) is 6.54 Å². The molecule has 0 radical (unpaired) electrons. The zero-order valence-corrected chi connectivity index (χ0v) is 22.8. The number of piperidine rings is 1. The molecule has 4 amide bonds. The van der Waals surface area contributed by atoms with Crippen LogP contribution in [0, 0.1) is 6.92 Å². The lowest BCUT2D eigenvalue weighted by Gasteiger charge is -2.42. The van der Waals surface area contributed by atoms with Crippen LogP contribution in [0.1, 0.15) is 52.3 Å². The first-order valence-electron chi connectivity index (χ1n) is 13.5. The minimum absolute atomic E-state index is 0.0181. The molecule has 0 bridgehead atoms. The second-order valence-electron chi connectivity index (χ2n) is 10.7. The molecule has 1 saturated heterocycles. The third-order valence-corrected chi connectivity index (χ3v) is 7.49. The molecule has 5 rings (SSSR count). The number of nitrogens with one attached hydrogen (secondary N) is 3. The number of hydrogen-bond acceptors (Lipinski definition) is 9. The third-order valence-electron chi connectivity index (χ3n) is 7.49. The Morgan fingerprint density at radius 3 is 2.66 bits per heavy atom. The molecule has 2 aliphatic heterocycles. The molecule has 0 unspecified atom stereocenters. The van der Waals surface area contributed by atoms with Crippen LogP contribution < -0.4 is 21.7 Å². The summed E-state index contributed by atoms with van der Waals surface area (Å²) < 4.78 is 6.66. The molecule has 1 aromatic carbocycles. The van der Waals surface area contributed by atoms with Gasteiger partial charge in [-0.25, -0.2) is 4.68 Å². The molecule has 3 aromatic rings. The first-order chi connectivity index (χ1) is 19.7. The lowest BCUT2D eigenvalue weighted by atomic mass is 9.83. The number of aromatic nitrogens is 4. The standard InChI is InChI=1S/C27H33N9O5/c1-17-24-21(41-33-17)13-29-25(39)20(11-19-15-36(34-32-19)16-22(28)37)30-23(38)12-27(31-26(24)40)7-9-35(10-8-27)14-18-5-3-2-4-6-18/h2-6,15,20H,7-14,16H2,1H3,(H2,28,37)(H,29,39)(H,30,38)(H,31,40)/t20-/m1/s1. The zero-order chi connectivity index (χ0) is 29.0. The number of aryl methyl sites for hydroxylation is 1. The first kappa shape index (κ1) is 28.0. The molecular weight excluding hydrogens is 530 g/mol. The maximum atomic E-state index is 13.5. The van der Waals surface area contributed by atoms with Crippen molar-refractivity contribution in [2.24, 2.45) is 5.73 Å². The summed E-state index contributed by atoms with van der Waals surface area (Å²) in [5, 5.41) is 20.5. The van der Waals surface area contributed by atoms with Crippen LogP contribution >= 0.6 is 0 Å². The van der Waals surface area contributed by atoms with Crippen LogP contribution in [0.4, 0.5) is 0 Å². The largest absolute Gasteiger partial charge is 0.368 e. The minimum atomic E-state index is -0.987. The van der Waals surface area contributed by atoms with Gasteiger partial charge in [-0.2, -0.15) is 0 Å². The van der Waals surface area contributed by atoms with Crippen molar-refractivity contribution < 1.29 is 23.7 Å². The molecule has 2 aliphatic rings. The number of benzene rings is 1. The number of amides is 4. The fourth-order valence-electron chi connectivity index (χ4n) is 5.39. The summed E-state index contributed by atoms with van der Waals surface area (Å²) in [7, 11) is 0. The van der Waals surface area contributed by atoms with Gasteiger partial charge in [0.2, 0.25) is 17.7 Å². The van der Waals surface area contributed by atoms with Gasteiger partial charge >= 0.3 is 0 Å². The Bertz CT molecular complexity index is 1430. The van der Waals surface area contributed by atoms with E-state index in [2.05, 4.69) is 48.5 Å². The van der Waals surface area contributed by atoms with Crippen molar-refractivity contribution in [1.82, 2.24) is 41.0 Å². The number of rotatable bonds is 6. The molecule has 14 heteroatoms. The zero-order valence-electron chi connectivity index (χ0n) is 22.8. The predicted octanol–water partition coefficient (Wildman–Crippen LogP) is -0.428. The van der Waals surface area contributed by atoms with Gasteiger partial charge in [-0.15, -0.1) is 5.10 Å². The molecule has 4 heterocycles. The van der Waals surface area contributed by atoms with Crippen LogP contribution in [0.2, 0.25) is 0 Å². The smallest absolute Gasteiger partial charge is 0.257 e. The SMILES string of the molecule is Cc1noc2c1C(=O)NC1(CCN(Cc3ccccc3)CC1)CC(=O)N[C@H](Cc1cn(CC(N)=O)nn1)C(=O)NC2. The highest BCUT2D eigenvalue weighted by Crippen LogP contribution is 2.29. The summed E-state index contributed by atoms with van der Waals surface area (Å²) in [5.74, 6) is -1.62. The molecule has 0 aliphatic carbocycles. The number of nitrogens with zero attached hydrogens (tertiary/aromatic N) is 5. The van der Waals surface area contributed by atoms with Gasteiger partial charge in [-0.1, -0.05) is 40.7 Å². The van der Waals surface area contributed by atoms with Crippen molar-refractivity contribution in [3.63, 3.8) is 0 Å². The normalized spacial score (nSPS) is 19.8. The summed E-state index contributed by atoms with van der Waals surface area (Å²) >= 11 is 0. The summed E-state index contributed by atoms with van der Waals surface area (Å²) in [6.07, 6.45) is 2.59. The van der Waals surface area contributed by atoms with E-state index in [4.69, 9.17) is 10.3 Å². The Balaban J connectivity index is 1.37. The molecular formula is C27H33N9O5. The molecule has 41 heavy (non-hydrogen) atoms. The van der Waals surface area contributed by atoms with E-state index in [9.17, 15) is 19.2 Å². The first-order valence-corrected chi connectivity index (χ1v) is 13.5. The molecule has 14 nitrogen and oxygen atoms in total. The number of primary amides is 1. The molecule has 216 valence electrons. The highest BCUT2D eigenvalue weighted by atomic mass is 16.5. The Morgan fingerprint density at radius 2 is 1.93 bits per heavy atom. The van der Waals surface area contributed by atoms with E-state index in [1.54, 1.807) is 6.92 Å². The van der Waals surface area contributed by atoms with E-state index < -0.39 is 23.4 Å². The molecule has 1 spiro atoms. The molecule has 1 atom stereocenters. The number of hydrogen-bond donors (Lipinski definition) is 4. The number of nitrogens with two attached hydrogens (primary N) is 1. The van der Waals surface area contributed by atoms with Gasteiger partial charge in [0.25, 0.3) is 5.91 Å². The Hall–Kier alpha value is -4.59. The van der Waals surface area contributed by atoms with Gasteiger partial charge in [0, 0.05) is 38.7 Å². The molecule has 2 aromatic heterocycles. The van der Waals surface area contributed by atoms with E-state index in [1.165, 1.54) is 16.4 Å². The average molecular weight is 564 g/mol. The second kappa shape index (κ2) is 11.9. The molecule has 5 N–H and O–H groups in total. The van der Waals surface area contributed by atoms with Crippen molar-refractivity contribution in [2.45, 2.75) is 63.8 Å². The maximum Gasteiger partial charge on any atom is 0.257 e. The van der Waals surface area contributed by atoms with Gasteiger partial charge in [-0.3, -0.25) is 24.1 Å². The summed E-state index contributed by atoms with van der Waals surface area (Å²) in [6, 6.07) is 9.14. The second-order valence-corrected chi connectivity index (χ2v) is 10.7. The van der Waals surface area contributed by atoms with Crippen molar-refractivity contribution in [3.8, 4) is 0 Å². The maximum absolute atomic E-state index is 13.5. The van der Waals surface area contributed by atoms with Crippen molar-refractivity contribution in [3.05, 3.63) is 64.8 Å². The van der Waals surface area contributed by atoms with Crippen molar-refractivity contribution in [1.29, 1.82) is 0 Å². The Kier molecular flexibility index (Phi) is 8.10. The fraction of sp³-hybridized carbons (Fsp3) is 0.444. The van der Waals surface area contributed by atoms with Crippen LogP contribution in [0.25, 0.3) is 0 Å². The van der Waals surface area contributed by atoms with Gasteiger partial charge in [0.05, 0.1) is 23.5 Å². The van der Waals surface area contributed by atoms with E-state index in [1.807, 2.05) is 18.2 Å². The van der Waals surface area contributed by atoms with Gasteiger partial charge in [0.1, 0.15) is 18.2 Å². The van der Waals surface area contributed by atoms with E-state index in [0.29, 0.717) is 37.3 Å². The van der Waals surface area contributed by atoms with Crippen LogP contribution in [-0.4, -0.2) is 73.3 Å². The number of likely N-dealkylation sites (tertiary alicyclic amines) is 1. The summed E-state index contributed by atoms with van der Waals surface area (Å²) in [4.78, 5) is 53.7. The number of carbonyl (C=O) groups excluding carboxylic acids is 4. The number of carbonyl (C=O) groups is 4. The van der Waals surface area contributed by atoms with Gasteiger partial charge in [0.15, 0.2) is 5.76 Å². The van der Waals surface area contributed by atoms with Gasteiger partial charge < -0.3 is 26.2 Å². The Labute approximate surface area is 236 Å². The third kappa shape index (κ3) is 6.77. The fourth-order valence-corrected chi connectivity index (χ4v) is 5.39. The minimum Gasteiger partial charge on any atom is -0.368 e. The predicted molar refractivity (Wildman–Crippen MR) is 144 cm³/mol. The number of fused-ring (bicyclic) bond motifs is 1.